The highest BCUT2D eigenvalue weighted by Crippen LogP contribution is 2.28. The van der Waals surface area contributed by atoms with E-state index >= 15 is 0 Å². The fraction of sp³-hybridized carbons (Fsp3) is 0.500. The van der Waals surface area contributed by atoms with E-state index in [9.17, 15) is 0 Å². The van der Waals surface area contributed by atoms with Crippen molar-refractivity contribution in [2.24, 2.45) is 0 Å². The molecule has 1 atom stereocenters. The maximum Gasteiger partial charge on any atom is 0.117 e. The molecule has 3 rings (SSSR count). The largest absolute Gasteiger partial charge is 0.374 e. The Bertz CT molecular complexity index is 522. The molecule has 1 aromatic carbocycles. The second kappa shape index (κ2) is 5.24. The highest BCUT2D eigenvalue weighted by molar-refractivity contribution is 7.11. The average Bonchev–Trinajstić information content (AvgIpc) is 3.02. The topological polar surface area (TPSA) is 28.2 Å². The van der Waals surface area contributed by atoms with Crippen molar-refractivity contribution in [3.8, 4) is 0 Å². The summed E-state index contributed by atoms with van der Waals surface area (Å²) in [6.45, 7) is 5.71. The zero-order valence-corrected chi connectivity index (χ0v) is 11.5. The Morgan fingerprint density at radius 3 is 3.22 bits per heavy atom. The summed E-state index contributed by atoms with van der Waals surface area (Å²) >= 11 is 1.58. The van der Waals surface area contributed by atoms with Crippen LogP contribution in [-0.2, 0) is 0 Å². The number of fused-ring (bicyclic) bond motifs is 1. The number of benzene rings is 1. The van der Waals surface area contributed by atoms with Crippen molar-refractivity contribution in [3.05, 3.63) is 24.3 Å². The van der Waals surface area contributed by atoms with E-state index in [2.05, 4.69) is 39.7 Å². The van der Waals surface area contributed by atoms with Gasteiger partial charge in [0.1, 0.15) is 5.00 Å². The van der Waals surface area contributed by atoms with Crippen LogP contribution in [0.1, 0.15) is 19.8 Å². The SMILES string of the molecule is CCN1CCCC1CNc1snc2ccccc12. The summed E-state index contributed by atoms with van der Waals surface area (Å²) in [6.07, 6.45) is 2.65. The molecule has 0 amide bonds. The minimum absolute atomic E-state index is 0.691. The number of nitrogens with one attached hydrogen (secondary N) is 1. The van der Waals surface area contributed by atoms with E-state index in [-0.39, 0.29) is 0 Å². The first-order chi connectivity index (χ1) is 8.88. The molecule has 18 heavy (non-hydrogen) atoms. The molecule has 0 spiro atoms. The van der Waals surface area contributed by atoms with Gasteiger partial charge in [0.25, 0.3) is 0 Å². The van der Waals surface area contributed by atoms with E-state index in [0.29, 0.717) is 6.04 Å². The Balaban J connectivity index is 1.69. The molecule has 0 radical (unpaired) electrons. The lowest BCUT2D eigenvalue weighted by molar-refractivity contribution is 0.277. The van der Waals surface area contributed by atoms with Crippen LogP contribution in [0.5, 0.6) is 0 Å². The van der Waals surface area contributed by atoms with Crippen LogP contribution in [-0.4, -0.2) is 34.9 Å². The Morgan fingerprint density at radius 1 is 1.44 bits per heavy atom. The lowest BCUT2D eigenvalue weighted by Gasteiger charge is -2.22. The van der Waals surface area contributed by atoms with Crippen molar-refractivity contribution in [1.82, 2.24) is 9.27 Å². The Morgan fingerprint density at radius 2 is 2.33 bits per heavy atom. The molecule has 1 saturated heterocycles. The molecule has 1 unspecified atom stereocenters. The first kappa shape index (κ1) is 11.9. The lowest BCUT2D eigenvalue weighted by Crippen LogP contribution is -2.34. The number of hydrogen-bond donors (Lipinski definition) is 1. The Labute approximate surface area is 112 Å². The highest BCUT2D eigenvalue weighted by Gasteiger charge is 2.22. The zero-order valence-electron chi connectivity index (χ0n) is 10.7. The third kappa shape index (κ3) is 2.22. The van der Waals surface area contributed by atoms with Crippen molar-refractivity contribution in [3.63, 3.8) is 0 Å². The third-order valence-electron chi connectivity index (χ3n) is 3.79. The molecule has 4 heteroatoms. The summed E-state index contributed by atoms with van der Waals surface area (Å²) < 4.78 is 4.47. The molecule has 1 aliphatic rings. The predicted octanol–water partition coefficient (Wildman–Crippen LogP) is 3.19. The highest BCUT2D eigenvalue weighted by atomic mass is 32.1. The second-order valence-corrected chi connectivity index (χ2v) is 5.61. The monoisotopic (exact) mass is 261 g/mol. The first-order valence-electron chi connectivity index (χ1n) is 6.71. The molecule has 0 aliphatic carbocycles. The maximum absolute atomic E-state index is 4.47. The first-order valence-corrected chi connectivity index (χ1v) is 7.48. The van der Waals surface area contributed by atoms with Crippen LogP contribution >= 0.6 is 11.5 Å². The van der Waals surface area contributed by atoms with Gasteiger partial charge in [0.2, 0.25) is 0 Å². The average molecular weight is 261 g/mol. The van der Waals surface area contributed by atoms with Crippen LogP contribution < -0.4 is 5.32 Å². The number of anilines is 1. The summed E-state index contributed by atoms with van der Waals surface area (Å²) in [5, 5.41) is 6.06. The normalized spacial score (nSPS) is 20.6. The number of likely N-dealkylation sites (N-methyl/N-ethyl adjacent to an activating group) is 1. The van der Waals surface area contributed by atoms with E-state index in [1.54, 1.807) is 11.5 Å². The molecule has 0 saturated carbocycles. The van der Waals surface area contributed by atoms with Crippen molar-refractivity contribution < 1.29 is 0 Å². The van der Waals surface area contributed by atoms with Crippen LogP contribution in [0, 0.1) is 0 Å². The van der Waals surface area contributed by atoms with Gasteiger partial charge in [-0.25, -0.2) is 0 Å². The molecular formula is C14H19N3S. The molecule has 1 N–H and O–H groups in total. The molecule has 96 valence electrons. The fourth-order valence-electron chi connectivity index (χ4n) is 2.77. The Kier molecular flexibility index (Phi) is 3.48. The van der Waals surface area contributed by atoms with Crippen LogP contribution in [0.25, 0.3) is 10.9 Å². The summed E-state index contributed by atoms with van der Waals surface area (Å²) in [5.74, 6) is 0. The Hall–Kier alpha value is -1.13. The molecule has 1 fully saturated rings. The van der Waals surface area contributed by atoms with Gasteiger partial charge in [-0.2, -0.15) is 4.37 Å². The number of nitrogens with zero attached hydrogens (tertiary/aromatic N) is 2. The van der Waals surface area contributed by atoms with Gasteiger partial charge in [-0.3, -0.25) is 4.90 Å². The minimum Gasteiger partial charge on any atom is -0.374 e. The second-order valence-electron chi connectivity index (χ2n) is 4.83. The number of likely N-dealkylation sites (tertiary alicyclic amines) is 1. The zero-order chi connectivity index (χ0) is 12.4. The smallest absolute Gasteiger partial charge is 0.117 e. The van der Waals surface area contributed by atoms with Crippen LogP contribution in [0.2, 0.25) is 0 Å². The number of hydrogen-bond acceptors (Lipinski definition) is 4. The van der Waals surface area contributed by atoms with Crippen LogP contribution in [0.15, 0.2) is 24.3 Å². The number of rotatable bonds is 4. The lowest BCUT2D eigenvalue weighted by atomic mass is 10.2. The molecule has 1 aliphatic heterocycles. The van der Waals surface area contributed by atoms with Crippen LogP contribution in [0.3, 0.4) is 0 Å². The molecule has 3 nitrogen and oxygen atoms in total. The van der Waals surface area contributed by atoms with Crippen molar-refractivity contribution >= 4 is 27.4 Å². The third-order valence-corrected chi connectivity index (χ3v) is 4.62. The maximum atomic E-state index is 4.47. The van der Waals surface area contributed by atoms with Gasteiger partial charge in [-0.15, -0.1) is 0 Å². The van der Waals surface area contributed by atoms with E-state index in [1.807, 2.05) is 6.07 Å². The van der Waals surface area contributed by atoms with E-state index in [4.69, 9.17) is 0 Å². The summed E-state index contributed by atoms with van der Waals surface area (Å²) in [5.41, 5.74) is 1.10. The van der Waals surface area contributed by atoms with Gasteiger partial charge in [0.05, 0.1) is 5.52 Å². The van der Waals surface area contributed by atoms with E-state index in [0.717, 1.165) is 18.6 Å². The summed E-state index contributed by atoms with van der Waals surface area (Å²) in [6, 6.07) is 9.03. The van der Waals surface area contributed by atoms with Crippen molar-refractivity contribution in [1.29, 1.82) is 0 Å². The van der Waals surface area contributed by atoms with E-state index < -0.39 is 0 Å². The molecule has 2 heterocycles. The van der Waals surface area contributed by atoms with Crippen LogP contribution in [0.4, 0.5) is 5.00 Å². The van der Waals surface area contributed by atoms with Gasteiger partial charge in [0, 0.05) is 18.0 Å². The van der Waals surface area contributed by atoms with Gasteiger partial charge in [-0.1, -0.05) is 19.1 Å². The predicted molar refractivity (Wildman–Crippen MR) is 78.4 cm³/mol. The summed E-state index contributed by atoms with van der Waals surface area (Å²) in [7, 11) is 0. The van der Waals surface area contributed by atoms with E-state index in [1.165, 1.54) is 29.8 Å². The van der Waals surface area contributed by atoms with Gasteiger partial charge >= 0.3 is 0 Å². The van der Waals surface area contributed by atoms with Crippen molar-refractivity contribution in [2.45, 2.75) is 25.8 Å². The standard InChI is InChI=1S/C14H19N3S/c1-2-17-9-5-6-11(17)10-15-14-12-7-3-4-8-13(12)16-18-14/h3-4,7-8,11,15H,2,5-6,9-10H2,1H3. The number of aromatic nitrogens is 1. The van der Waals surface area contributed by atoms with Crippen molar-refractivity contribution in [2.75, 3.05) is 25.0 Å². The summed E-state index contributed by atoms with van der Waals surface area (Å²) in [4.78, 5) is 2.57. The quantitative estimate of drug-likeness (QED) is 0.916. The fourth-order valence-corrected chi connectivity index (χ4v) is 3.54. The van der Waals surface area contributed by atoms with Gasteiger partial charge < -0.3 is 5.32 Å². The molecule has 2 aromatic rings. The molecule has 1 aromatic heterocycles. The van der Waals surface area contributed by atoms with Gasteiger partial charge in [0.15, 0.2) is 0 Å². The minimum atomic E-state index is 0.691. The molecule has 0 bridgehead atoms. The van der Waals surface area contributed by atoms with Gasteiger partial charge in [-0.05, 0) is 49.6 Å². The molecular weight excluding hydrogens is 242 g/mol.